The van der Waals surface area contributed by atoms with E-state index in [-0.39, 0.29) is 24.0 Å². The maximum Gasteiger partial charge on any atom is 0.191 e. The van der Waals surface area contributed by atoms with Crippen LogP contribution in [-0.2, 0) is 0 Å². The van der Waals surface area contributed by atoms with Crippen LogP contribution in [0.1, 0.15) is 38.5 Å². The molecule has 5 nitrogen and oxygen atoms in total. The molecular formula is C16H31IN4O. The summed E-state index contributed by atoms with van der Waals surface area (Å²) in [5.41, 5.74) is -0.537. The van der Waals surface area contributed by atoms with Crippen LogP contribution in [0.5, 0.6) is 0 Å². The van der Waals surface area contributed by atoms with Gasteiger partial charge in [0.05, 0.1) is 5.60 Å². The molecule has 1 saturated carbocycles. The van der Waals surface area contributed by atoms with Crippen molar-refractivity contribution in [2.75, 3.05) is 33.2 Å². The number of nitrogens with zero attached hydrogens (tertiary/aromatic N) is 2. The Kier molecular flexibility index (Phi) is 8.71. The average molecular weight is 422 g/mol. The van der Waals surface area contributed by atoms with E-state index < -0.39 is 5.60 Å². The monoisotopic (exact) mass is 422 g/mol. The van der Waals surface area contributed by atoms with Gasteiger partial charge in [-0.1, -0.05) is 18.9 Å². The maximum absolute atomic E-state index is 10.4. The number of guanidine groups is 1. The third kappa shape index (κ3) is 6.04. The van der Waals surface area contributed by atoms with E-state index in [0.717, 1.165) is 64.1 Å². The Bertz CT molecular complexity index is 361. The summed E-state index contributed by atoms with van der Waals surface area (Å²) in [4.78, 5) is 6.70. The predicted octanol–water partition coefficient (Wildman–Crippen LogP) is 1.72. The lowest BCUT2D eigenvalue weighted by molar-refractivity contribution is 0.0521. The number of likely N-dealkylation sites (tertiary alicyclic amines) is 1. The standard InChI is InChI=1S/C16H30N4O.HI/c1-3-10-20-11-6-14(7-12-20)19-15(17-2)18-13-16(21)8-4-5-9-16;/h3,14,21H,1,4-13H2,2H3,(H2,17,18,19);1H. The van der Waals surface area contributed by atoms with Crippen LogP contribution in [0, 0.1) is 0 Å². The van der Waals surface area contributed by atoms with Gasteiger partial charge in [-0.3, -0.25) is 9.89 Å². The molecule has 1 aliphatic carbocycles. The lowest BCUT2D eigenvalue weighted by Crippen LogP contribution is -2.51. The Hall–Kier alpha value is -0.340. The normalized spacial score (nSPS) is 22.9. The molecule has 0 radical (unpaired) electrons. The molecule has 1 aliphatic heterocycles. The Balaban J connectivity index is 0.00000242. The lowest BCUT2D eigenvalue weighted by atomic mass is 10.0. The van der Waals surface area contributed by atoms with Gasteiger partial charge in [-0.25, -0.2) is 0 Å². The first-order valence-electron chi connectivity index (χ1n) is 8.18. The van der Waals surface area contributed by atoms with Crippen molar-refractivity contribution in [1.29, 1.82) is 0 Å². The molecule has 22 heavy (non-hydrogen) atoms. The summed E-state index contributed by atoms with van der Waals surface area (Å²) in [6, 6.07) is 0.468. The molecular weight excluding hydrogens is 391 g/mol. The number of aliphatic imine (C=N–C) groups is 1. The fourth-order valence-electron chi connectivity index (χ4n) is 3.29. The molecule has 128 valence electrons. The highest BCUT2D eigenvalue weighted by Gasteiger charge is 2.31. The smallest absolute Gasteiger partial charge is 0.191 e. The summed E-state index contributed by atoms with van der Waals surface area (Å²) in [5, 5.41) is 17.2. The first kappa shape index (κ1) is 19.7. The number of hydrogen-bond acceptors (Lipinski definition) is 3. The predicted molar refractivity (Wildman–Crippen MR) is 103 cm³/mol. The highest BCUT2D eigenvalue weighted by atomic mass is 127. The van der Waals surface area contributed by atoms with Crippen LogP contribution in [0.2, 0.25) is 0 Å². The van der Waals surface area contributed by atoms with Crippen LogP contribution in [0.3, 0.4) is 0 Å². The van der Waals surface area contributed by atoms with Gasteiger partial charge in [0.15, 0.2) is 5.96 Å². The van der Waals surface area contributed by atoms with Gasteiger partial charge in [0.2, 0.25) is 0 Å². The molecule has 1 heterocycles. The molecule has 2 rings (SSSR count). The van der Waals surface area contributed by atoms with Gasteiger partial charge in [-0.2, -0.15) is 0 Å². The summed E-state index contributed by atoms with van der Waals surface area (Å²) in [6.45, 7) is 7.58. The third-order valence-corrected chi connectivity index (χ3v) is 4.66. The highest BCUT2D eigenvalue weighted by Crippen LogP contribution is 2.28. The number of aliphatic hydroxyl groups is 1. The summed E-state index contributed by atoms with van der Waals surface area (Å²) in [5.74, 6) is 0.817. The Morgan fingerprint density at radius 1 is 1.36 bits per heavy atom. The van der Waals surface area contributed by atoms with Crippen molar-refractivity contribution in [3.05, 3.63) is 12.7 Å². The minimum Gasteiger partial charge on any atom is -0.388 e. The van der Waals surface area contributed by atoms with Gasteiger partial charge >= 0.3 is 0 Å². The molecule has 3 N–H and O–H groups in total. The van der Waals surface area contributed by atoms with E-state index >= 15 is 0 Å². The zero-order chi connectivity index (χ0) is 15.1. The van der Waals surface area contributed by atoms with E-state index in [1.807, 2.05) is 6.08 Å². The van der Waals surface area contributed by atoms with Crippen LogP contribution in [0.4, 0.5) is 0 Å². The minimum absolute atomic E-state index is 0. The lowest BCUT2D eigenvalue weighted by Gasteiger charge is -2.33. The molecule has 0 aromatic rings. The zero-order valence-corrected chi connectivity index (χ0v) is 16.0. The second-order valence-electron chi connectivity index (χ2n) is 6.37. The molecule has 6 heteroatoms. The van der Waals surface area contributed by atoms with Gasteiger partial charge in [0, 0.05) is 39.3 Å². The Labute approximate surface area is 151 Å². The van der Waals surface area contributed by atoms with Crippen LogP contribution < -0.4 is 10.6 Å². The van der Waals surface area contributed by atoms with Gasteiger partial charge < -0.3 is 15.7 Å². The molecule has 0 aromatic heterocycles. The summed E-state index contributed by atoms with van der Waals surface area (Å²) < 4.78 is 0. The van der Waals surface area contributed by atoms with E-state index in [4.69, 9.17) is 0 Å². The molecule has 0 atom stereocenters. The van der Waals surface area contributed by atoms with Crippen molar-refractivity contribution in [2.24, 2.45) is 4.99 Å². The first-order chi connectivity index (χ1) is 10.1. The van der Waals surface area contributed by atoms with Crippen LogP contribution >= 0.6 is 24.0 Å². The molecule has 0 amide bonds. The molecule has 1 saturated heterocycles. The zero-order valence-electron chi connectivity index (χ0n) is 13.7. The van der Waals surface area contributed by atoms with Crippen molar-refractivity contribution >= 4 is 29.9 Å². The van der Waals surface area contributed by atoms with Gasteiger partial charge in [-0.15, -0.1) is 30.6 Å². The van der Waals surface area contributed by atoms with E-state index in [1.165, 1.54) is 0 Å². The topological polar surface area (TPSA) is 59.9 Å². The maximum atomic E-state index is 10.4. The summed E-state index contributed by atoms with van der Waals surface area (Å²) >= 11 is 0. The molecule has 0 unspecified atom stereocenters. The second kappa shape index (κ2) is 9.72. The van der Waals surface area contributed by atoms with Crippen molar-refractivity contribution in [2.45, 2.75) is 50.2 Å². The first-order valence-corrected chi connectivity index (χ1v) is 8.18. The summed E-state index contributed by atoms with van der Waals surface area (Å²) in [7, 11) is 1.79. The highest BCUT2D eigenvalue weighted by molar-refractivity contribution is 14.0. The van der Waals surface area contributed by atoms with E-state index in [9.17, 15) is 5.11 Å². The molecule has 2 aliphatic rings. The molecule has 0 bridgehead atoms. The van der Waals surface area contributed by atoms with Crippen LogP contribution in [0.25, 0.3) is 0 Å². The number of halogens is 1. The fourth-order valence-corrected chi connectivity index (χ4v) is 3.29. The van der Waals surface area contributed by atoms with Crippen molar-refractivity contribution in [3.8, 4) is 0 Å². The van der Waals surface area contributed by atoms with Crippen LogP contribution in [-0.4, -0.2) is 60.8 Å². The molecule has 0 aromatic carbocycles. The third-order valence-electron chi connectivity index (χ3n) is 4.66. The van der Waals surface area contributed by atoms with Crippen LogP contribution in [0.15, 0.2) is 17.6 Å². The van der Waals surface area contributed by atoms with Crippen molar-refractivity contribution in [1.82, 2.24) is 15.5 Å². The van der Waals surface area contributed by atoms with Crippen molar-refractivity contribution in [3.63, 3.8) is 0 Å². The molecule has 0 spiro atoms. The SMILES string of the molecule is C=CCN1CCC(NC(=NC)NCC2(O)CCCC2)CC1.I. The van der Waals surface area contributed by atoms with E-state index in [2.05, 4.69) is 27.1 Å². The largest absolute Gasteiger partial charge is 0.388 e. The van der Waals surface area contributed by atoms with Crippen molar-refractivity contribution < 1.29 is 5.11 Å². The number of nitrogens with one attached hydrogen (secondary N) is 2. The Morgan fingerprint density at radius 2 is 2.00 bits per heavy atom. The van der Waals surface area contributed by atoms with Gasteiger partial charge in [0.25, 0.3) is 0 Å². The number of hydrogen-bond donors (Lipinski definition) is 3. The average Bonchev–Trinajstić information content (AvgIpc) is 2.93. The van der Waals surface area contributed by atoms with Gasteiger partial charge in [0.1, 0.15) is 0 Å². The summed E-state index contributed by atoms with van der Waals surface area (Å²) in [6.07, 6.45) is 8.28. The quantitative estimate of drug-likeness (QED) is 0.273. The molecule has 2 fully saturated rings. The van der Waals surface area contributed by atoms with E-state index in [0.29, 0.717) is 12.6 Å². The second-order valence-corrected chi connectivity index (χ2v) is 6.37. The van der Waals surface area contributed by atoms with E-state index in [1.54, 1.807) is 7.05 Å². The Morgan fingerprint density at radius 3 is 2.55 bits per heavy atom. The van der Waals surface area contributed by atoms with Gasteiger partial charge in [-0.05, 0) is 25.7 Å². The number of rotatable bonds is 5. The minimum atomic E-state index is -0.537. The fraction of sp³-hybridized carbons (Fsp3) is 0.812. The number of piperidine rings is 1.